The maximum absolute atomic E-state index is 9.81. The summed E-state index contributed by atoms with van der Waals surface area (Å²) in [6.45, 7) is 22.0. The number of hydrogen-bond acceptors (Lipinski definition) is 5. The first-order valence-electron chi connectivity index (χ1n) is 10.5. The van der Waals surface area contributed by atoms with Gasteiger partial charge in [-0.1, -0.05) is 6.92 Å². The Morgan fingerprint density at radius 2 is 0.963 bits per heavy atom. The van der Waals surface area contributed by atoms with E-state index in [9.17, 15) is 10.2 Å². The average Bonchev–Trinajstić information content (AvgIpc) is 2.44. The van der Waals surface area contributed by atoms with Gasteiger partial charge in [-0.15, -0.1) is 0 Å². The van der Waals surface area contributed by atoms with Crippen LogP contribution in [0.2, 0.25) is 0 Å². The fourth-order valence-electron chi connectivity index (χ4n) is 2.58. The third kappa shape index (κ3) is 16.5. The summed E-state index contributed by atoms with van der Waals surface area (Å²) in [4.78, 5) is 2.43. The molecule has 164 valence electrons. The quantitative estimate of drug-likeness (QED) is 0.443. The molecule has 0 fully saturated rings. The maximum Gasteiger partial charge on any atom is 0.0638 e. The van der Waals surface area contributed by atoms with E-state index in [1.165, 1.54) is 0 Å². The Morgan fingerprint density at radius 1 is 0.630 bits per heavy atom. The smallest absolute Gasteiger partial charge is 0.0638 e. The molecule has 0 unspecified atom stereocenters. The number of hydrogen-bond donors (Lipinski definition) is 2. The molecule has 0 saturated carbocycles. The highest BCUT2D eigenvalue weighted by Crippen LogP contribution is 2.20. The largest absolute Gasteiger partial charge is 0.390 e. The van der Waals surface area contributed by atoms with E-state index in [0.717, 1.165) is 32.5 Å². The molecule has 0 aliphatic rings. The van der Waals surface area contributed by atoms with Crippen molar-refractivity contribution < 1.29 is 19.7 Å². The number of nitrogens with zero attached hydrogens (tertiary/aromatic N) is 1. The molecule has 0 radical (unpaired) electrons. The third-order valence-corrected chi connectivity index (χ3v) is 4.92. The maximum atomic E-state index is 9.81. The molecule has 0 amide bonds. The van der Waals surface area contributed by atoms with Crippen LogP contribution >= 0.6 is 0 Å². The highest BCUT2D eigenvalue weighted by atomic mass is 16.5. The Morgan fingerprint density at radius 3 is 1.22 bits per heavy atom. The lowest BCUT2D eigenvalue weighted by Crippen LogP contribution is -2.37. The molecule has 0 aliphatic heterocycles. The summed E-state index contributed by atoms with van der Waals surface area (Å²) in [5, 5.41) is 19.6. The Hall–Kier alpha value is -0.200. The van der Waals surface area contributed by atoms with E-state index in [0.29, 0.717) is 26.1 Å². The van der Waals surface area contributed by atoms with Crippen molar-refractivity contribution in [2.75, 3.05) is 32.8 Å². The first kappa shape index (κ1) is 26.8. The van der Waals surface area contributed by atoms with Crippen LogP contribution < -0.4 is 0 Å². The SMILES string of the molecule is CCN(CCC(C)(C)OCCC(C)(C)O)CCC(C)(C)OCCC(C)(C)O. The second-order valence-corrected chi connectivity index (χ2v) is 10.3. The Bertz CT molecular complexity index is 358. The van der Waals surface area contributed by atoms with E-state index in [4.69, 9.17) is 9.47 Å². The average molecular weight is 390 g/mol. The van der Waals surface area contributed by atoms with E-state index in [-0.39, 0.29) is 11.2 Å². The van der Waals surface area contributed by atoms with Crippen LogP contribution in [0.5, 0.6) is 0 Å². The molecule has 0 heterocycles. The molecule has 0 bridgehead atoms. The lowest BCUT2D eigenvalue weighted by atomic mass is 10.0. The molecule has 0 spiro atoms. The summed E-state index contributed by atoms with van der Waals surface area (Å²) in [5.74, 6) is 0. The van der Waals surface area contributed by atoms with Crippen LogP contribution in [-0.4, -0.2) is 70.4 Å². The fraction of sp³-hybridized carbons (Fsp3) is 1.00. The molecule has 5 nitrogen and oxygen atoms in total. The molecule has 0 rings (SSSR count). The summed E-state index contributed by atoms with van der Waals surface area (Å²) >= 11 is 0. The summed E-state index contributed by atoms with van der Waals surface area (Å²) < 4.78 is 12.0. The second-order valence-electron chi connectivity index (χ2n) is 10.3. The lowest BCUT2D eigenvalue weighted by Gasteiger charge is -2.32. The zero-order valence-corrected chi connectivity index (χ0v) is 19.5. The monoisotopic (exact) mass is 389 g/mol. The van der Waals surface area contributed by atoms with Crippen molar-refractivity contribution in [2.24, 2.45) is 0 Å². The molecule has 0 aliphatic carbocycles. The van der Waals surface area contributed by atoms with Crippen molar-refractivity contribution in [3.05, 3.63) is 0 Å². The van der Waals surface area contributed by atoms with Crippen molar-refractivity contribution in [2.45, 2.75) is 110 Å². The van der Waals surface area contributed by atoms with Crippen LogP contribution in [0.1, 0.15) is 88.0 Å². The molecule has 0 atom stereocenters. The fourth-order valence-corrected chi connectivity index (χ4v) is 2.58. The van der Waals surface area contributed by atoms with Crippen molar-refractivity contribution >= 4 is 0 Å². The molecular weight excluding hydrogens is 342 g/mol. The third-order valence-electron chi connectivity index (χ3n) is 4.92. The molecule has 0 aromatic carbocycles. The van der Waals surface area contributed by atoms with Gasteiger partial charge in [0.15, 0.2) is 0 Å². The van der Waals surface area contributed by atoms with Crippen molar-refractivity contribution in [3.63, 3.8) is 0 Å². The first-order valence-corrected chi connectivity index (χ1v) is 10.5. The van der Waals surface area contributed by atoms with Gasteiger partial charge in [0, 0.05) is 13.1 Å². The minimum absolute atomic E-state index is 0.197. The number of rotatable bonds is 15. The van der Waals surface area contributed by atoms with Crippen LogP contribution in [0.4, 0.5) is 0 Å². The van der Waals surface area contributed by atoms with Crippen LogP contribution in [0.15, 0.2) is 0 Å². The topological polar surface area (TPSA) is 62.2 Å². The van der Waals surface area contributed by atoms with Crippen LogP contribution in [0, 0.1) is 0 Å². The van der Waals surface area contributed by atoms with Gasteiger partial charge in [0.25, 0.3) is 0 Å². The predicted octanol–water partition coefficient (Wildman–Crippen LogP) is 4.00. The lowest BCUT2D eigenvalue weighted by molar-refractivity contribution is -0.0596. The van der Waals surface area contributed by atoms with Crippen LogP contribution in [-0.2, 0) is 9.47 Å². The summed E-state index contributed by atoms with van der Waals surface area (Å²) in [7, 11) is 0. The van der Waals surface area contributed by atoms with Crippen molar-refractivity contribution in [3.8, 4) is 0 Å². The first-order chi connectivity index (χ1) is 12.1. The van der Waals surface area contributed by atoms with E-state index in [1.807, 2.05) is 27.7 Å². The van der Waals surface area contributed by atoms with Gasteiger partial charge < -0.3 is 24.6 Å². The summed E-state index contributed by atoms with van der Waals surface area (Å²) in [6, 6.07) is 0. The van der Waals surface area contributed by atoms with Crippen LogP contribution in [0.25, 0.3) is 0 Å². The molecule has 27 heavy (non-hydrogen) atoms. The zero-order chi connectivity index (χ0) is 21.4. The Balaban J connectivity index is 4.25. The Labute approximate surface area is 168 Å². The van der Waals surface area contributed by atoms with Gasteiger partial charge in [0.1, 0.15) is 0 Å². The summed E-state index contributed by atoms with van der Waals surface area (Å²) in [6.07, 6.45) is 3.19. The standard InChI is InChI=1S/C22H47NO4/c1-10-23(15-11-21(6,7)26-17-13-19(2,3)24)16-12-22(8,9)27-18-14-20(4,5)25/h24-25H,10-18H2,1-9H3. The number of ether oxygens (including phenoxy) is 2. The molecule has 5 heteroatoms. The van der Waals surface area contributed by atoms with Gasteiger partial charge in [-0.25, -0.2) is 0 Å². The number of aliphatic hydroxyl groups is 2. The Kier molecular flexibility index (Phi) is 11.0. The highest BCUT2D eigenvalue weighted by Gasteiger charge is 2.24. The van der Waals surface area contributed by atoms with Crippen molar-refractivity contribution in [1.29, 1.82) is 0 Å². The minimum atomic E-state index is -0.678. The van der Waals surface area contributed by atoms with Gasteiger partial charge in [0.05, 0.1) is 35.6 Å². The molecule has 0 aromatic rings. The summed E-state index contributed by atoms with van der Waals surface area (Å²) in [5.41, 5.74) is -1.75. The van der Waals surface area contributed by atoms with E-state index >= 15 is 0 Å². The van der Waals surface area contributed by atoms with Gasteiger partial charge >= 0.3 is 0 Å². The second kappa shape index (κ2) is 11.1. The molecular formula is C22H47NO4. The molecule has 0 aromatic heterocycles. The van der Waals surface area contributed by atoms with Gasteiger partial charge in [-0.2, -0.15) is 0 Å². The van der Waals surface area contributed by atoms with Gasteiger partial charge in [0.2, 0.25) is 0 Å². The predicted molar refractivity (Wildman–Crippen MR) is 113 cm³/mol. The highest BCUT2D eigenvalue weighted by molar-refractivity contribution is 4.76. The molecule has 2 N–H and O–H groups in total. The van der Waals surface area contributed by atoms with Crippen molar-refractivity contribution in [1.82, 2.24) is 4.90 Å². The zero-order valence-electron chi connectivity index (χ0n) is 19.5. The minimum Gasteiger partial charge on any atom is -0.390 e. The normalized spacial score (nSPS) is 14.2. The van der Waals surface area contributed by atoms with E-state index < -0.39 is 11.2 Å². The van der Waals surface area contributed by atoms with Crippen LogP contribution in [0.3, 0.4) is 0 Å². The van der Waals surface area contributed by atoms with E-state index in [1.54, 1.807) is 0 Å². The van der Waals surface area contributed by atoms with Gasteiger partial charge in [-0.3, -0.25) is 0 Å². The molecule has 0 saturated heterocycles. The van der Waals surface area contributed by atoms with Gasteiger partial charge in [-0.05, 0) is 87.6 Å². The van der Waals surface area contributed by atoms with E-state index in [2.05, 4.69) is 39.5 Å².